The highest BCUT2D eigenvalue weighted by Gasteiger charge is 2.39. The summed E-state index contributed by atoms with van der Waals surface area (Å²) < 4.78 is 0. The van der Waals surface area contributed by atoms with E-state index in [2.05, 4.69) is 10.6 Å². The van der Waals surface area contributed by atoms with Gasteiger partial charge >= 0.3 is 0 Å². The molecule has 7 nitrogen and oxygen atoms in total. The van der Waals surface area contributed by atoms with Crippen LogP contribution in [0.4, 0.5) is 17.1 Å². The molecule has 1 aliphatic rings. The number of hydrogen-bond acceptors (Lipinski definition) is 5. The number of aryl methyl sites for hydroxylation is 1. The Hall–Kier alpha value is -4.10. The maximum Gasteiger partial charge on any atom is 0.283 e. The van der Waals surface area contributed by atoms with Crippen molar-refractivity contribution in [3.05, 3.63) is 94.7 Å². The fraction of sp³-hybridized carbons (Fsp3) is 0.0800. The number of nitrogens with one attached hydrogen (secondary N) is 2. The van der Waals surface area contributed by atoms with Gasteiger partial charge in [-0.15, -0.1) is 0 Å². The van der Waals surface area contributed by atoms with Gasteiger partial charge in [-0.25, -0.2) is 4.90 Å². The molecule has 0 spiro atoms. The number of benzene rings is 3. The number of anilines is 3. The van der Waals surface area contributed by atoms with Gasteiger partial charge in [0.05, 0.1) is 11.4 Å². The molecule has 0 unspecified atom stereocenters. The van der Waals surface area contributed by atoms with Crippen LogP contribution in [0.2, 0.25) is 0 Å². The maximum atomic E-state index is 13.0. The van der Waals surface area contributed by atoms with E-state index in [1.54, 1.807) is 48.5 Å². The van der Waals surface area contributed by atoms with Gasteiger partial charge in [0.25, 0.3) is 17.7 Å². The third kappa shape index (κ3) is 4.44. The Morgan fingerprint density at radius 2 is 1.70 bits per heavy atom. The number of aromatic hydroxyl groups is 1. The molecule has 0 aliphatic carbocycles. The molecule has 3 N–H and O–H groups in total. The number of hydrogen-bond donors (Lipinski definition) is 3. The number of phenols is 1. The first-order valence-electron chi connectivity index (χ1n) is 10.2. The highest BCUT2D eigenvalue weighted by Crippen LogP contribution is 2.30. The Labute approximate surface area is 195 Å². The topological polar surface area (TPSA) is 98.7 Å². The highest BCUT2D eigenvalue weighted by molar-refractivity contribution is 6.53. The smallest absolute Gasteiger partial charge is 0.283 e. The average Bonchev–Trinajstić information content (AvgIpc) is 3.04. The van der Waals surface area contributed by atoms with Crippen molar-refractivity contribution in [3.8, 4) is 5.75 Å². The number of halogens is 1. The summed E-state index contributed by atoms with van der Waals surface area (Å²) in [6, 6.07) is 19.8. The Bertz CT molecular complexity index is 1280. The van der Waals surface area contributed by atoms with Crippen molar-refractivity contribution < 1.29 is 19.5 Å². The van der Waals surface area contributed by atoms with Crippen LogP contribution in [0.15, 0.2) is 83.5 Å². The lowest BCUT2D eigenvalue weighted by molar-refractivity contribution is -0.120. The van der Waals surface area contributed by atoms with Gasteiger partial charge < -0.3 is 15.7 Å². The van der Waals surface area contributed by atoms with E-state index in [0.29, 0.717) is 11.4 Å². The first kappa shape index (κ1) is 22.1. The molecule has 0 atom stereocenters. The van der Waals surface area contributed by atoms with E-state index < -0.39 is 17.7 Å². The summed E-state index contributed by atoms with van der Waals surface area (Å²) in [5.41, 5.74) is 2.38. The number of carbonyl (C=O) groups is 3. The van der Waals surface area contributed by atoms with Crippen LogP contribution in [0.5, 0.6) is 5.75 Å². The van der Waals surface area contributed by atoms with Crippen molar-refractivity contribution in [2.45, 2.75) is 13.3 Å². The minimum atomic E-state index is -0.623. The third-order valence-corrected chi connectivity index (χ3v) is 5.53. The molecule has 4 rings (SSSR count). The lowest BCUT2D eigenvalue weighted by atomic mass is 10.1. The molecule has 0 fully saturated rings. The molecule has 0 bridgehead atoms. The number of para-hydroxylation sites is 2. The lowest BCUT2D eigenvalue weighted by Gasteiger charge is -2.15. The normalized spacial score (nSPS) is 13.5. The predicted molar refractivity (Wildman–Crippen MR) is 127 cm³/mol. The van der Waals surface area contributed by atoms with Gasteiger partial charge in [0, 0.05) is 11.3 Å². The molecule has 0 radical (unpaired) electrons. The minimum Gasteiger partial charge on any atom is -0.506 e. The van der Waals surface area contributed by atoms with Crippen LogP contribution in [-0.4, -0.2) is 22.8 Å². The average molecular weight is 462 g/mol. The summed E-state index contributed by atoms with van der Waals surface area (Å²) in [6.07, 6.45) is 0.835. The van der Waals surface area contributed by atoms with Crippen molar-refractivity contribution in [1.82, 2.24) is 0 Å². The molecule has 3 amide bonds. The number of amides is 3. The summed E-state index contributed by atoms with van der Waals surface area (Å²) in [6.45, 7) is 2.01. The van der Waals surface area contributed by atoms with Crippen molar-refractivity contribution in [3.63, 3.8) is 0 Å². The van der Waals surface area contributed by atoms with Crippen LogP contribution in [0.1, 0.15) is 22.8 Å². The minimum absolute atomic E-state index is 0.0563. The second-order valence-corrected chi connectivity index (χ2v) is 7.71. The maximum absolute atomic E-state index is 13.0. The van der Waals surface area contributed by atoms with E-state index >= 15 is 0 Å². The van der Waals surface area contributed by atoms with E-state index in [1.807, 2.05) is 19.1 Å². The van der Waals surface area contributed by atoms with E-state index in [-0.39, 0.29) is 27.7 Å². The van der Waals surface area contributed by atoms with Crippen molar-refractivity contribution in [1.29, 1.82) is 0 Å². The van der Waals surface area contributed by atoms with Crippen LogP contribution >= 0.6 is 11.6 Å². The quantitative estimate of drug-likeness (QED) is 0.367. The Kier molecular flexibility index (Phi) is 6.15. The van der Waals surface area contributed by atoms with Gasteiger partial charge in [-0.05, 0) is 54.4 Å². The predicted octanol–water partition coefficient (Wildman–Crippen LogP) is 4.64. The second-order valence-electron chi connectivity index (χ2n) is 7.33. The van der Waals surface area contributed by atoms with E-state index in [0.717, 1.165) is 16.9 Å². The van der Waals surface area contributed by atoms with Crippen LogP contribution in [0.25, 0.3) is 0 Å². The Morgan fingerprint density at radius 3 is 2.39 bits per heavy atom. The molecule has 0 aromatic heterocycles. The summed E-state index contributed by atoms with van der Waals surface area (Å²) in [4.78, 5) is 39.3. The third-order valence-electron chi connectivity index (χ3n) is 5.18. The standard InChI is InChI=1S/C25H20ClN3O4/c1-2-15-10-12-18(13-11-15)29-24(32)21(26)22(25(29)33)27-17-7-5-6-16(14-17)23(31)28-19-8-3-4-9-20(19)30/h3-14,27,30H,2H2,1H3,(H,28,31). The van der Waals surface area contributed by atoms with Gasteiger partial charge in [0.1, 0.15) is 16.5 Å². The Balaban J connectivity index is 1.54. The molecule has 3 aromatic rings. The molecule has 0 saturated carbocycles. The fourth-order valence-electron chi connectivity index (χ4n) is 3.38. The molecule has 33 heavy (non-hydrogen) atoms. The van der Waals surface area contributed by atoms with Gasteiger partial charge in [-0.1, -0.05) is 48.9 Å². The van der Waals surface area contributed by atoms with Crippen molar-refractivity contribution >= 4 is 46.4 Å². The number of imide groups is 1. The largest absolute Gasteiger partial charge is 0.506 e. The van der Waals surface area contributed by atoms with Gasteiger partial charge in [0.2, 0.25) is 0 Å². The number of carbonyl (C=O) groups excluding carboxylic acids is 3. The van der Waals surface area contributed by atoms with Gasteiger partial charge in [-0.2, -0.15) is 0 Å². The molecule has 0 saturated heterocycles. The van der Waals surface area contributed by atoms with E-state index in [9.17, 15) is 19.5 Å². The molecule has 166 valence electrons. The number of rotatable bonds is 6. The summed E-state index contributed by atoms with van der Waals surface area (Å²) in [7, 11) is 0. The lowest BCUT2D eigenvalue weighted by Crippen LogP contribution is -2.32. The van der Waals surface area contributed by atoms with Crippen LogP contribution in [-0.2, 0) is 16.0 Å². The highest BCUT2D eigenvalue weighted by atomic mass is 35.5. The molecule has 1 aliphatic heterocycles. The zero-order valence-corrected chi connectivity index (χ0v) is 18.4. The van der Waals surface area contributed by atoms with Crippen molar-refractivity contribution in [2.24, 2.45) is 0 Å². The van der Waals surface area contributed by atoms with Crippen molar-refractivity contribution in [2.75, 3.05) is 15.5 Å². The molecule has 3 aromatic carbocycles. The molecule has 8 heteroatoms. The SMILES string of the molecule is CCc1ccc(N2C(=O)C(Cl)=C(Nc3cccc(C(=O)Nc4ccccc4O)c3)C2=O)cc1. The van der Waals surface area contributed by atoms with Crippen LogP contribution in [0.3, 0.4) is 0 Å². The zero-order valence-electron chi connectivity index (χ0n) is 17.6. The molecular weight excluding hydrogens is 442 g/mol. The van der Waals surface area contributed by atoms with Crippen LogP contribution in [0, 0.1) is 0 Å². The summed E-state index contributed by atoms with van der Waals surface area (Å²) in [5, 5.41) is 15.1. The first-order valence-corrected chi connectivity index (χ1v) is 10.6. The van der Waals surface area contributed by atoms with Gasteiger partial charge in [0.15, 0.2) is 0 Å². The number of nitrogens with zero attached hydrogens (tertiary/aromatic N) is 1. The number of phenolic OH excluding ortho intramolecular Hbond substituents is 1. The summed E-state index contributed by atoms with van der Waals surface area (Å²) in [5.74, 6) is -1.72. The fourth-order valence-corrected chi connectivity index (χ4v) is 3.60. The first-order chi connectivity index (χ1) is 15.9. The zero-order chi connectivity index (χ0) is 23.5. The Morgan fingerprint density at radius 1 is 0.970 bits per heavy atom. The molecular formula is C25H20ClN3O4. The van der Waals surface area contributed by atoms with Crippen LogP contribution < -0.4 is 15.5 Å². The second kappa shape index (κ2) is 9.18. The van der Waals surface area contributed by atoms with E-state index in [4.69, 9.17) is 11.6 Å². The van der Waals surface area contributed by atoms with E-state index in [1.165, 1.54) is 12.1 Å². The molecule has 1 heterocycles. The monoisotopic (exact) mass is 461 g/mol. The summed E-state index contributed by atoms with van der Waals surface area (Å²) >= 11 is 6.20. The van der Waals surface area contributed by atoms with Gasteiger partial charge in [-0.3, -0.25) is 14.4 Å².